The van der Waals surface area contributed by atoms with Gasteiger partial charge in [-0.2, -0.15) is 0 Å². The van der Waals surface area contributed by atoms with Crippen molar-refractivity contribution in [2.24, 2.45) is 5.92 Å². The molecule has 0 aliphatic carbocycles. The molecule has 0 saturated carbocycles. The maximum atomic E-state index is 11.7. The van der Waals surface area contributed by atoms with Crippen LogP contribution in [0.5, 0.6) is 0 Å². The standard InChI is InChI=1S/C12H16N2O2/c13-11-3-1-9(2-4-11)7-14-12(15)10-5-6-16-8-10/h1-4,10H,5-8,13H2,(H,14,15). The van der Waals surface area contributed by atoms with Crippen LogP contribution in [0.15, 0.2) is 24.3 Å². The van der Waals surface area contributed by atoms with Crippen molar-refractivity contribution in [3.05, 3.63) is 29.8 Å². The van der Waals surface area contributed by atoms with Crippen molar-refractivity contribution in [1.29, 1.82) is 0 Å². The van der Waals surface area contributed by atoms with Gasteiger partial charge in [0, 0.05) is 18.8 Å². The van der Waals surface area contributed by atoms with Crippen LogP contribution in [-0.4, -0.2) is 19.1 Å². The fourth-order valence-electron chi connectivity index (χ4n) is 1.71. The molecule has 3 N–H and O–H groups in total. The number of hydrogen-bond donors (Lipinski definition) is 2. The highest BCUT2D eigenvalue weighted by Crippen LogP contribution is 2.12. The summed E-state index contributed by atoms with van der Waals surface area (Å²) in [6.07, 6.45) is 0.827. The Bertz CT molecular complexity index is 356. The molecule has 4 nitrogen and oxygen atoms in total. The Morgan fingerprint density at radius 2 is 2.19 bits per heavy atom. The molecule has 4 heteroatoms. The lowest BCUT2D eigenvalue weighted by molar-refractivity contribution is -0.125. The van der Waals surface area contributed by atoms with Crippen molar-refractivity contribution in [2.75, 3.05) is 18.9 Å². The molecule has 1 aromatic rings. The third-order valence-electron chi connectivity index (χ3n) is 2.75. The van der Waals surface area contributed by atoms with Gasteiger partial charge in [0.2, 0.25) is 5.91 Å². The number of hydrogen-bond acceptors (Lipinski definition) is 3. The lowest BCUT2D eigenvalue weighted by atomic mass is 10.1. The monoisotopic (exact) mass is 220 g/mol. The largest absolute Gasteiger partial charge is 0.399 e. The molecule has 1 fully saturated rings. The Morgan fingerprint density at radius 3 is 2.81 bits per heavy atom. The van der Waals surface area contributed by atoms with Gasteiger partial charge < -0.3 is 15.8 Å². The van der Waals surface area contributed by atoms with Crippen LogP contribution in [-0.2, 0) is 16.1 Å². The molecule has 1 aliphatic heterocycles. The van der Waals surface area contributed by atoms with E-state index in [1.165, 1.54) is 0 Å². The number of carbonyl (C=O) groups is 1. The maximum absolute atomic E-state index is 11.7. The molecule has 1 aromatic carbocycles. The fraction of sp³-hybridized carbons (Fsp3) is 0.417. The summed E-state index contributed by atoms with van der Waals surface area (Å²) in [4.78, 5) is 11.7. The zero-order valence-corrected chi connectivity index (χ0v) is 9.11. The van der Waals surface area contributed by atoms with E-state index in [2.05, 4.69) is 5.32 Å². The minimum absolute atomic E-state index is 0.0220. The second-order valence-corrected chi connectivity index (χ2v) is 4.02. The van der Waals surface area contributed by atoms with Crippen LogP contribution in [0.3, 0.4) is 0 Å². The normalized spacial score (nSPS) is 19.6. The number of nitrogen functional groups attached to an aromatic ring is 1. The molecule has 0 aromatic heterocycles. The van der Waals surface area contributed by atoms with E-state index < -0.39 is 0 Å². The summed E-state index contributed by atoms with van der Waals surface area (Å²) in [6.45, 7) is 1.79. The number of anilines is 1. The van der Waals surface area contributed by atoms with E-state index in [-0.39, 0.29) is 11.8 Å². The van der Waals surface area contributed by atoms with E-state index in [0.717, 1.165) is 17.7 Å². The van der Waals surface area contributed by atoms with E-state index in [4.69, 9.17) is 10.5 Å². The molecular formula is C12H16N2O2. The zero-order chi connectivity index (χ0) is 11.4. The van der Waals surface area contributed by atoms with Crippen molar-refractivity contribution in [3.8, 4) is 0 Å². The van der Waals surface area contributed by atoms with Crippen LogP contribution in [0.25, 0.3) is 0 Å². The summed E-state index contributed by atoms with van der Waals surface area (Å²) >= 11 is 0. The van der Waals surface area contributed by atoms with Gasteiger partial charge in [-0.1, -0.05) is 12.1 Å². The number of amides is 1. The lowest BCUT2D eigenvalue weighted by Gasteiger charge is -2.09. The SMILES string of the molecule is Nc1ccc(CNC(=O)C2CCOC2)cc1. The first-order chi connectivity index (χ1) is 7.75. The van der Waals surface area contributed by atoms with Crippen LogP contribution in [0.2, 0.25) is 0 Å². The molecule has 0 spiro atoms. The number of rotatable bonds is 3. The molecular weight excluding hydrogens is 204 g/mol. The predicted molar refractivity (Wildman–Crippen MR) is 61.6 cm³/mol. The molecule has 1 saturated heterocycles. The number of ether oxygens (including phenoxy) is 1. The molecule has 1 amide bonds. The third-order valence-corrected chi connectivity index (χ3v) is 2.75. The summed E-state index contributed by atoms with van der Waals surface area (Å²) in [5.74, 6) is 0.100. The Balaban J connectivity index is 1.82. The highest BCUT2D eigenvalue weighted by atomic mass is 16.5. The number of carbonyl (C=O) groups excluding carboxylic acids is 1. The minimum Gasteiger partial charge on any atom is -0.399 e. The van der Waals surface area contributed by atoms with Gasteiger partial charge in [0.25, 0.3) is 0 Å². The third kappa shape index (κ3) is 2.73. The molecule has 1 atom stereocenters. The summed E-state index contributed by atoms with van der Waals surface area (Å²) in [6, 6.07) is 7.50. The van der Waals surface area contributed by atoms with Crippen molar-refractivity contribution in [1.82, 2.24) is 5.32 Å². The van der Waals surface area contributed by atoms with Gasteiger partial charge >= 0.3 is 0 Å². The molecule has 1 heterocycles. The van der Waals surface area contributed by atoms with Crippen LogP contribution in [0.4, 0.5) is 5.69 Å². The minimum atomic E-state index is 0.0220. The first kappa shape index (κ1) is 11.0. The van der Waals surface area contributed by atoms with Gasteiger partial charge in [-0.05, 0) is 24.1 Å². The van der Waals surface area contributed by atoms with Gasteiger partial charge in [-0.25, -0.2) is 0 Å². The van der Waals surface area contributed by atoms with Gasteiger partial charge in [-0.15, -0.1) is 0 Å². The topological polar surface area (TPSA) is 64.3 Å². The number of nitrogens with one attached hydrogen (secondary N) is 1. The van der Waals surface area contributed by atoms with Crippen LogP contribution in [0, 0.1) is 5.92 Å². The summed E-state index contributed by atoms with van der Waals surface area (Å²) in [5, 5.41) is 2.90. The Labute approximate surface area is 94.8 Å². The molecule has 86 valence electrons. The Hall–Kier alpha value is -1.55. The van der Waals surface area contributed by atoms with Crippen molar-refractivity contribution in [2.45, 2.75) is 13.0 Å². The highest BCUT2D eigenvalue weighted by Gasteiger charge is 2.22. The maximum Gasteiger partial charge on any atom is 0.225 e. The Morgan fingerprint density at radius 1 is 1.44 bits per heavy atom. The second-order valence-electron chi connectivity index (χ2n) is 4.02. The second kappa shape index (κ2) is 4.99. The summed E-state index contributed by atoms with van der Waals surface area (Å²) < 4.78 is 5.17. The lowest BCUT2D eigenvalue weighted by Crippen LogP contribution is -2.30. The molecule has 1 unspecified atom stereocenters. The van der Waals surface area contributed by atoms with Gasteiger partial charge in [-0.3, -0.25) is 4.79 Å². The van der Waals surface area contributed by atoms with Crippen LogP contribution < -0.4 is 11.1 Å². The van der Waals surface area contributed by atoms with Gasteiger partial charge in [0.1, 0.15) is 0 Å². The first-order valence-electron chi connectivity index (χ1n) is 5.45. The highest BCUT2D eigenvalue weighted by molar-refractivity contribution is 5.78. The summed E-state index contributed by atoms with van der Waals surface area (Å²) in [5.41, 5.74) is 7.37. The number of benzene rings is 1. The quantitative estimate of drug-likeness (QED) is 0.744. The van der Waals surface area contributed by atoms with Gasteiger partial charge in [0.15, 0.2) is 0 Å². The molecule has 1 aliphatic rings. The average molecular weight is 220 g/mol. The number of nitrogens with two attached hydrogens (primary N) is 1. The molecule has 0 radical (unpaired) electrons. The van der Waals surface area contributed by atoms with Crippen molar-refractivity contribution in [3.63, 3.8) is 0 Å². The van der Waals surface area contributed by atoms with E-state index in [1.54, 1.807) is 0 Å². The smallest absolute Gasteiger partial charge is 0.225 e. The zero-order valence-electron chi connectivity index (χ0n) is 9.11. The first-order valence-corrected chi connectivity index (χ1v) is 5.45. The predicted octanol–water partition coefficient (Wildman–Crippen LogP) is 0.921. The van der Waals surface area contributed by atoms with Crippen molar-refractivity contribution >= 4 is 11.6 Å². The van der Waals surface area contributed by atoms with Crippen molar-refractivity contribution < 1.29 is 9.53 Å². The van der Waals surface area contributed by atoms with Crippen LogP contribution >= 0.6 is 0 Å². The Kier molecular flexibility index (Phi) is 3.41. The fourth-order valence-corrected chi connectivity index (χ4v) is 1.71. The van der Waals surface area contributed by atoms with Crippen LogP contribution in [0.1, 0.15) is 12.0 Å². The average Bonchev–Trinajstić information content (AvgIpc) is 2.81. The molecule has 2 rings (SSSR count). The molecule has 0 bridgehead atoms. The van der Waals surface area contributed by atoms with E-state index >= 15 is 0 Å². The van der Waals surface area contributed by atoms with Gasteiger partial charge in [0.05, 0.1) is 12.5 Å². The van der Waals surface area contributed by atoms with E-state index in [1.807, 2.05) is 24.3 Å². The summed E-state index contributed by atoms with van der Waals surface area (Å²) in [7, 11) is 0. The van der Waals surface area contributed by atoms with E-state index in [0.29, 0.717) is 19.8 Å². The molecule has 16 heavy (non-hydrogen) atoms. The van der Waals surface area contributed by atoms with E-state index in [9.17, 15) is 4.79 Å².